The maximum absolute atomic E-state index is 12.8. The second kappa shape index (κ2) is 17.3. The highest BCUT2D eigenvalue weighted by molar-refractivity contribution is 5.89. The third-order valence-corrected chi connectivity index (χ3v) is 8.52. The number of carbonyl (C=O) groups is 2. The smallest absolute Gasteiger partial charge is 0.337 e. The molecule has 0 radical (unpaired) electrons. The number of aliphatic imine (C=N–C) groups is 1. The number of piperidine rings is 1. The molecule has 266 valence electrons. The van der Waals surface area contributed by atoms with Crippen LogP contribution >= 0.6 is 0 Å². The number of allylic oxidation sites excluding steroid dienone is 1. The Bertz CT molecular complexity index is 1170. The lowest BCUT2D eigenvalue weighted by Crippen LogP contribution is -3.16. The van der Waals surface area contributed by atoms with Crippen LogP contribution in [0, 0.1) is 23.7 Å². The normalized spacial score (nSPS) is 35.9. The first-order valence-electron chi connectivity index (χ1n) is 15.1. The van der Waals surface area contributed by atoms with Crippen LogP contribution in [0.5, 0.6) is 0 Å². The molecular weight excluding hydrogens is 628 g/mol. The molecule has 3 rings (SSSR count). The van der Waals surface area contributed by atoms with Gasteiger partial charge in [0.2, 0.25) is 12.1 Å². The third kappa shape index (κ3) is 9.05. The van der Waals surface area contributed by atoms with Gasteiger partial charge in [0.15, 0.2) is 18.4 Å². The summed E-state index contributed by atoms with van der Waals surface area (Å²) in [5, 5.41) is 84.6. The van der Waals surface area contributed by atoms with Gasteiger partial charge < -0.3 is 80.5 Å². The van der Waals surface area contributed by atoms with Crippen LogP contribution in [0.1, 0.15) is 6.42 Å². The number of hydrogen-bond acceptors (Lipinski definition) is 15. The SMILES string of the molecule is C=C[C@H]1[C@H](O[C@H]2O[C@H](CO)[C@@H](O)C(O)(O)[C@H]2O)OC=C(C(=O)OC)[C@H]1C=CC1C[NH+](CCO)CC(C(=O)[O-])C1NC(N)=NCCCO. The van der Waals surface area contributed by atoms with Gasteiger partial charge in [0.25, 0.3) is 0 Å². The van der Waals surface area contributed by atoms with Crippen LogP contribution in [0.2, 0.25) is 0 Å². The number of guanidine groups is 1. The number of carbonyl (C=O) groups excluding carboxylic acids is 2. The Morgan fingerprint density at radius 3 is 2.51 bits per heavy atom. The van der Waals surface area contributed by atoms with Crippen molar-refractivity contribution in [1.29, 1.82) is 0 Å². The molecule has 0 spiro atoms. The molecule has 0 bridgehead atoms. The minimum atomic E-state index is -3.12. The van der Waals surface area contributed by atoms with E-state index in [9.17, 15) is 45.3 Å². The van der Waals surface area contributed by atoms with Gasteiger partial charge in [-0.3, -0.25) is 4.99 Å². The molecule has 2 saturated heterocycles. The topological polar surface area (TPSA) is 291 Å². The Morgan fingerprint density at radius 2 is 1.91 bits per heavy atom. The van der Waals surface area contributed by atoms with E-state index in [4.69, 9.17) is 29.8 Å². The summed E-state index contributed by atoms with van der Waals surface area (Å²) in [6.07, 6.45) is -2.98. The third-order valence-electron chi connectivity index (χ3n) is 8.52. The van der Waals surface area contributed by atoms with E-state index in [2.05, 4.69) is 16.9 Å². The van der Waals surface area contributed by atoms with Crippen LogP contribution < -0.4 is 21.1 Å². The average Bonchev–Trinajstić information content (AvgIpc) is 3.04. The highest BCUT2D eigenvalue weighted by Gasteiger charge is 2.56. The van der Waals surface area contributed by atoms with E-state index in [1.165, 1.54) is 6.08 Å². The fraction of sp³-hybridized carbons (Fsp3) is 0.690. The number of carboxylic acids is 1. The molecule has 11 atom stereocenters. The van der Waals surface area contributed by atoms with Gasteiger partial charge in [-0.25, -0.2) is 4.79 Å². The summed E-state index contributed by atoms with van der Waals surface area (Å²) < 4.78 is 21.7. The second-order valence-electron chi connectivity index (χ2n) is 11.6. The van der Waals surface area contributed by atoms with Gasteiger partial charge in [-0.2, -0.15) is 0 Å². The lowest BCUT2D eigenvalue weighted by atomic mass is 9.79. The Kier molecular flexibility index (Phi) is 14.1. The summed E-state index contributed by atoms with van der Waals surface area (Å²) in [6.45, 7) is 3.56. The number of methoxy groups -OCH3 is 1. The summed E-state index contributed by atoms with van der Waals surface area (Å²) >= 11 is 0. The van der Waals surface area contributed by atoms with Gasteiger partial charge in [0, 0.05) is 25.0 Å². The number of likely N-dealkylation sites (tertiary alicyclic amines) is 1. The van der Waals surface area contributed by atoms with E-state index in [1.807, 2.05) is 0 Å². The number of nitrogens with two attached hydrogens (primary N) is 1. The Hall–Kier alpha value is -3.17. The summed E-state index contributed by atoms with van der Waals surface area (Å²) in [5.41, 5.74) is 6.06. The van der Waals surface area contributed by atoms with Crippen molar-refractivity contribution in [3.63, 3.8) is 0 Å². The van der Waals surface area contributed by atoms with Gasteiger partial charge in [0.1, 0.15) is 18.8 Å². The molecule has 47 heavy (non-hydrogen) atoms. The molecule has 11 N–H and O–H groups in total. The minimum Gasteiger partial charge on any atom is -0.550 e. The first kappa shape index (κ1) is 38.3. The van der Waals surface area contributed by atoms with Crippen molar-refractivity contribution in [2.75, 3.05) is 53.1 Å². The van der Waals surface area contributed by atoms with E-state index < -0.39 is 84.9 Å². The van der Waals surface area contributed by atoms with Gasteiger partial charge in [-0.05, 0) is 6.42 Å². The number of nitrogens with zero attached hydrogens (tertiary/aromatic N) is 1. The first-order valence-corrected chi connectivity index (χ1v) is 15.1. The molecule has 0 aromatic carbocycles. The van der Waals surface area contributed by atoms with Crippen molar-refractivity contribution >= 4 is 17.9 Å². The molecule has 0 aromatic rings. The van der Waals surface area contributed by atoms with Crippen LogP contribution in [0.3, 0.4) is 0 Å². The number of ether oxygens (including phenoxy) is 4. The van der Waals surface area contributed by atoms with Gasteiger partial charge in [0.05, 0.1) is 69.1 Å². The van der Waals surface area contributed by atoms with Crippen molar-refractivity contribution in [2.45, 2.75) is 49.1 Å². The zero-order valence-electron chi connectivity index (χ0n) is 26.0. The number of quaternary nitrogens is 1. The minimum absolute atomic E-state index is 0.0161. The summed E-state index contributed by atoms with van der Waals surface area (Å²) in [5.74, 6) is -8.75. The molecule has 4 unspecified atom stereocenters. The van der Waals surface area contributed by atoms with Gasteiger partial charge in [-0.15, -0.1) is 6.58 Å². The molecule has 0 aromatic heterocycles. The second-order valence-corrected chi connectivity index (χ2v) is 11.6. The maximum atomic E-state index is 12.8. The van der Waals surface area contributed by atoms with E-state index in [0.29, 0.717) is 13.0 Å². The van der Waals surface area contributed by atoms with Crippen LogP contribution in [0.4, 0.5) is 0 Å². The maximum Gasteiger partial charge on any atom is 0.337 e. The summed E-state index contributed by atoms with van der Waals surface area (Å²) in [4.78, 5) is 30.0. The van der Waals surface area contributed by atoms with Gasteiger partial charge >= 0.3 is 5.97 Å². The largest absolute Gasteiger partial charge is 0.550 e. The van der Waals surface area contributed by atoms with Crippen LogP contribution in [-0.2, 0) is 28.5 Å². The van der Waals surface area contributed by atoms with Crippen LogP contribution in [0.15, 0.2) is 41.6 Å². The number of nitrogens with one attached hydrogen (secondary N) is 2. The van der Waals surface area contributed by atoms with Crippen molar-refractivity contribution < 1.29 is 74.3 Å². The van der Waals surface area contributed by atoms with Crippen molar-refractivity contribution in [2.24, 2.45) is 34.4 Å². The summed E-state index contributed by atoms with van der Waals surface area (Å²) in [7, 11) is 1.16. The van der Waals surface area contributed by atoms with Crippen molar-refractivity contribution in [1.82, 2.24) is 5.32 Å². The lowest BCUT2D eigenvalue weighted by molar-refractivity contribution is -0.911. The lowest BCUT2D eigenvalue weighted by Gasteiger charge is -2.46. The van der Waals surface area contributed by atoms with E-state index in [1.54, 1.807) is 12.2 Å². The van der Waals surface area contributed by atoms with E-state index >= 15 is 0 Å². The predicted octanol–water partition coefficient (Wildman–Crippen LogP) is -6.96. The molecule has 3 aliphatic rings. The fourth-order valence-electron chi connectivity index (χ4n) is 5.97. The van der Waals surface area contributed by atoms with Crippen molar-refractivity contribution in [3.8, 4) is 0 Å². The number of hydrogen-bond donors (Lipinski definition) is 10. The standard InChI is InChI=1S/C29H46N4O14/c1-3-16-17(6-5-15-11-33(8-10-35)12-18(24(39)40)21(15)32-28(30)31-7-4-9-34)19(25(41)44-2)14-45-26(16)47-27-23(38)29(42,43)22(37)20(13-36)46-27/h3,5-6,14-18,20-23,26-27,34-38,42-43H,1,4,7-13H2,2H3,(H,39,40)(H3,30,31,32)/t15?,16-,17+,18?,20-,21?,22-,23+,26+,27-/m1/s1. The zero-order valence-corrected chi connectivity index (χ0v) is 26.0. The number of aliphatic hydroxyl groups is 7. The van der Waals surface area contributed by atoms with Crippen molar-refractivity contribution in [3.05, 3.63) is 36.6 Å². The Labute approximate surface area is 271 Å². The number of aliphatic carboxylic acids is 1. The fourth-order valence-corrected chi connectivity index (χ4v) is 5.97. The van der Waals surface area contributed by atoms with Crippen LogP contribution in [-0.4, -0.2) is 149 Å². The molecule has 18 nitrogen and oxygen atoms in total. The monoisotopic (exact) mass is 674 g/mol. The molecular formula is C29H46N4O14. The number of rotatable bonds is 14. The number of aliphatic hydroxyl groups excluding tert-OH is 5. The highest BCUT2D eigenvalue weighted by atomic mass is 16.8. The Balaban J connectivity index is 1.97. The number of carboxylic acid groups (broad SMARTS) is 1. The molecule has 3 aliphatic heterocycles. The average molecular weight is 675 g/mol. The molecule has 0 amide bonds. The molecule has 0 saturated carbocycles. The Morgan fingerprint density at radius 1 is 1.19 bits per heavy atom. The zero-order chi connectivity index (χ0) is 34.9. The van der Waals surface area contributed by atoms with Gasteiger partial charge in [-0.1, -0.05) is 18.2 Å². The molecule has 0 aliphatic carbocycles. The molecule has 3 heterocycles. The number of esters is 1. The molecule has 18 heteroatoms. The molecule has 2 fully saturated rings. The summed E-state index contributed by atoms with van der Waals surface area (Å²) in [6, 6.07) is -0.828. The van der Waals surface area contributed by atoms with E-state index in [-0.39, 0.29) is 44.4 Å². The predicted molar refractivity (Wildman–Crippen MR) is 157 cm³/mol. The first-order chi connectivity index (χ1) is 22.3. The highest BCUT2D eigenvalue weighted by Crippen LogP contribution is 2.37. The van der Waals surface area contributed by atoms with E-state index in [0.717, 1.165) is 18.3 Å². The quantitative estimate of drug-likeness (QED) is 0.0204. The van der Waals surface area contributed by atoms with Crippen LogP contribution in [0.25, 0.3) is 0 Å².